The van der Waals surface area contributed by atoms with Gasteiger partial charge in [-0.15, -0.1) is 0 Å². The van der Waals surface area contributed by atoms with Crippen LogP contribution in [0.25, 0.3) is 0 Å². The van der Waals surface area contributed by atoms with Crippen molar-refractivity contribution >= 4 is 15.9 Å². The molecular weight excluding hydrogens is 314 g/mol. The van der Waals surface area contributed by atoms with Crippen molar-refractivity contribution in [2.24, 2.45) is 0 Å². The number of amides is 1. The van der Waals surface area contributed by atoms with Gasteiger partial charge in [0.05, 0.1) is 16.5 Å². The second-order valence-corrected chi connectivity index (χ2v) is 6.61. The summed E-state index contributed by atoms with van der Waals surface area (Å²) in [6.07, 6.45) is 0. The Bertz CT molecular complexity index is 836. The summed E-state index contributed by atoms with van der Waals surface area (Å²) in [6, 6.07) is 14.6. The Hall–Kier alpha value is -2.69. The van der Waals surface area contributed by atoms with E-state index in [-0.39, 0.29) is 10.8 Å². The summed E-state index contributed by atoms with van der Waals surface area (Å²) in [7, 11) is -2.18. The molecule has 0 aliphatic rings. The molecule has 0 atom stereocenters. The van der Waals surface area contributed by atoms with E-state index >= 15 is 0 Å². The van der Waals surface area contributed by atoms with Gasteiger partial charge in [0.1, 0.15) is 0 Å². The second kappa shape index (κ2) is 7.05. The van der Waals surface area contributed by atoms with E-state index in [1.807, 2.05) is 6.07 Å². The molecule has 0 radical (unpaired) electrons. The van der Waals surface area contributed by atoms with Crippen molar-refractivity contribution in [2.45, 2.75) is 11.4 Å². The molecular formula is C16H15N3O3S. The molecule has 2 rings (SSSR count). The molecule has 0 saturated heterocycles. The van der Waals surface area contributed by atoms with E-state index in [0.717, 1.165) is 5.56 Å². The lowest BCUT2D eigenvalue weighted by Gasteiger charge is -2.07. The van der Waals surface area contributed by atoms with Crippen molar-refractivity contribution in [3.8, 4) is 6.07 Å². The molecule has 0 saturated carbocycles. The molecule has 0 aliphatic carbocycles. The fraction of sp³-hybridized carbons (Fsp3) is 0.125. The Morgan fingerprint density at radius 3 is 2.22 bits per heavy atom. The first kappa shape index (κ1) is 16.7. The standard InChI is InChI=1S/C16H15N3O3S/c1-18-23(21,22)15-8-6-14(7-9-15)16(20)19-11-13-4-2-12(10-17)3-5-13/h2-9,18H,11H2,1H3,(H,19,20). The fourth-order valence-corrected chi connectivity index (χ4v) is 2.61. The largest absolute Gasteiger partial charge is 0.348 e. The maximum Gasteiger partial charge on any atom is 0.251 e. The monoisotopic (exact) mass is 329 g/mol. The third kappa shape index (κ3) is 4.16. The van der Waals surface area contributed by atoms with Crippen molar-refractivity contribution in [3.05, 3.63) is 65.2 Å². The van der Waals surface area contributed by atoms with Gasteiger partial charge in [-0.25, -0.2) is 13.1 Å². The molecule has 23 heavy (non-hydrogen) atoms. The van der Waals surface area contributed by atoms with Crippen LogP contribution in [0.3, 0.4) is 0 Å². The molecule has 7 heteroatoms. The number of hydrogen-bond donors (Lipinski definition) is 2. The van der Waals surface area contributed by atoms with Crippen LogP contribution in [0.4, 0.5) is 0 Å². The van der Waals surface area contributed by atoms with Gasteiger partial charge in [0, 0.05) is 12.1 Å². The Balaban J connectivity index is 2.02. The van der Waals surface area contributed by atoms with Crippen LogP contribution in [-0.4, -0.2) is 21.4 Å². The lowest BCUT2D eigenvalue weighted by atomic mass is 10.1. The van der Waals surface area contributed by atoms with E-state index in [0.29, 0.717) is 17.7 Å². The first-order chi connectivity index (χ1) is 11.0. The first-order valence-electron chi connectivity index (χ1n) is 6.77. The molecule has 2 N–H and O–H groups in total. The predicted octanol–water partition coefficient (Wildman–Crippen LogP) is 1.40. The van der Waals surface area contributed by atoms with E-state index in [1.165, 1.54) is 31.3 Å². The zero-order valence-electron chi connectivity index (χ0n) is 12.4. The third-order valence-electron chi connectivity index (χ3n) is 3.23. The van der Waals surface area contributed by atoms with E-state index in [9.17, 15) is 13.2 Å². The molecule has 0 aromatic heterocycles. The number of carbonyl (C=O) groups excluding carboxylic acids is 1. The third-order valence-corrected chi connectivity index (χ3v) is 4.66. The number of rotatable bonds is 5. The highest BCUT2D eigenvalue weighted by Gasteiger charge is 2.12. The Morgan fingerprint density at radius 2 is 1.70 bits per heavy atom. The van der Waals surface area contributed by atoms with E-state index in [1.54, 1.807) is 24.3 Å². The van der Waals surface area contributed by atoms with Crippen molar-refractivity contribution in [1.82, 2.24) is 10.0 Å². The van der Waals surface area contributed by atoms with Gasteiger partial charge in [-0.1, -0.05) is 12.1 Å². The lowest BCUT2D eigenvalue weighted by molar-refractivity contribution is 0.0951. The van der Waals surface area contributed by atoms with Crippen LogP contribution in [0.5, 0.6) is 0 Å². The van der Waals surface area contributed by atoms with Crippen molar-refractivity contribution in [1.29, 1.82) is 5.26 Å². The minimum absolute atomic E-state index is 0.101. The maximum atomic E-state index is 12.0. The fourth-order valence-electron chi connectivity index (χ4n) is 1.88. The van der Waals surface area contributed by atoms with Crippen LogP contribution in [0.1, 0.15) is 21.5 Å². The lowest BCUT2D eigenvalue weighted by Crippen LogP contribution is -2.23. The summed E-state index contributed by atoms with van der Waals surface area (Å²) in [5.41, 5.74) is 1.79. The molecule has 1 amide bonds. The maximum absolute atomic E-state index is 12.0. The summed E-state index contributed by atoms with van der Waals surface area (Å²) < 4.78 is 25.4. The predicted molar refractivity (Wildman–Crippen MR) is 85.0 cm³/mol. The van der Waals surface area contributed by atoms with Gasteiger partial charge in [0.25, 0.3) is 5.91 Å². The zero-order valence-corrected chi connectivity index (χ0v) is 13.2. The van der Waals surface area contributed by atoms with Crippen LogP contribution >= 0.6 is 0 Å². The zero-order chi connectivity index (χ0) is 16.9. The number of sulfonamides is 1. The summed E-state index contributed by atoms with van der Waals surface area (Å²) in [5, 5.41) is 11.5. The van der Waals surface area contributed by atoms with Crippen LogP contribution in [0.2, 0.25) is 0 Å². The number of nitrogens with zero attached hydrogens (tertiary/aromatic N) is 1. The minimum Gasteiger partial charge on any atom is -0.348 e. The molecule has 0 unspecified atom stereocenters. The molecule has 2 aromatic rings. The Kier molecular flexibility index (Phi) is 5.11. The number of hydrogen-bond acceptors (Lipinski definition) is 4. The van der Waals surface area contributed by atoms with Gasteiger partial charge < -0.3 is 5.32 Å². The molecule has 0 fully saturated rings. The van der Waals surface area contributed by atoms with Gasteiger partial charge in [-0.3, -0.25) is 4.79 Å². The minimum atomic E-state index is -3.51. The SMILES string of the molecule is CNS(=O)(=O)c1ccc(C(=O)NCc2ccc(C#N)cc2)cc1. The normalized spacial score (nSPS) is 10.8. The van der Waals surface area contributed by atoms with E-state index in [4.69, 9.17) is 5.26 Å². The Morgan fingerprint density at radius 1 is 1.09 bits per heavy atom. The van der Waals surface area contributed by atoms with E-state index < -0.39 is 10.0 Å². The average Bonchev–Trinajstić information content (AvgIpc) is 2.60. The number of carbonyl (C=O) groups is 1. The summed E-state index contributed by atoms with van der Waals surface area (Å²) in [6.45, 7) is 0.321. The van der Waals surface area contributed by atoms with Crippen molar-refractivity contribution in [2.75, 3.05) is 7.05 Å². The van der Waals surface area contributed by atoms with Gasteiger partial charge in [-0.05, 0) is 49.0 Å². The average molecular weight is 329 g/mol. The van der Waals surface area contributed by atoms with Crippen molar-refractivity contribution < 1.29 is 13.2 Å². The molecule has 0 bridgehead atoms. The highest BCUT2D eigenvalue weighted by Crippen LogP contribution is 2.10. The molecule has 6 nitrogen and oxygen atoms in total. The van der Waals surface area contributed by atoms with E-state index in [2.05, 4.69) is 10.0 Å². The number of nitriles is 1. The van der Waals surface area contributed by atoms with Crippen LogP contribution < -0.4 is 10.0 Å². The van der Waals surface area contributed by atoms with Gasteiger partial charge in [0.15, 0.2) is 0 Å². The van der Waals surface area contributed by atoms with Crippen LogP contribution in [-0.2, 0) is 16.6 Å². The van der Waals surface area contributed by atoms with Crippen LogP contribution in [0, 0.1) is 11.3 Å². The Labute approximate surface area is 134 Å². The summed E-state index contributed by atoms with van der Waals surface area (Å²) in [4.78, 5) is 12.1. The highest BCUT2D eigenvalue weighted by atomic mass is 32.2. The smallest absolute Gasteiger partial charge is 0.251 e. The molecule has 118 valence electrons. The summed E-state index contributed by atoms with van der Waals surface area (Å²) in [5.74, 6) is -0.303. The molecule has 0 spiro atoms. The van der Waals surface area contributed by atoms with Gasteiger partial charge in [-0.2, -0.15) is 5.26 Å². The van der Waals surface area contributed by atoms with Gasteiger partial charge >= 0.3 is 0 Å². The first-order valence-corrected chi connectivity index (χ1v) is 8.25. The highest BCUT2D eigenvalue weighted by molar-refractivity contribution is 7.89. The molecule has 0 aliphatic heterocycles. The van der Waals surface area contributed by atoms with Crippen LogP contribution in [0.15, 0.2) is 53.4 Å². The van der Waals surface area contributed by atoms with Crippen molar-refractivity contribution in [3.63, 3.8) is 0 Å². The number of benzene rings is 2. The summed E-state index contributed by atoms with van der Waals surface area (Å²) >= 11 is 0. The number of nitrogens with one attached hydrogen (secondary N) is 2. The quantitative estimate of drug-likeness (QED) is 0.866. The molecule has 2 aromatic carbocycles. The topological polar surface area (TPSA) is 99.1 Å². The molecule has 0 heterocycles. The second-order valence-electron chi connectivity index (χ2n) is 4.72. The van der Waals surface area contributed by atoms with Gasteiger partial charge in [0.2, 0.25) is 10.0 Å².